The van der Waals surface area contributed by atoms with E-state index in [1.807, 2.05) is 38.4 Å². The highest BCUT2D eigenvalue weighted by Gasteiger charge is 1.68. The lowest BCUT2D eigenvalue weighted by Crippen LogP contribution is -2.03. The summed E-state index contributed by atoms with van der Waals surface area (Å²) in [4.78, 5) is 4.03. The maximum absolute atomic E-state index is 4.03. The van der Waals surface area contributed by atoms with E-state index in [9.17, 15) is 0 Å². The van der Waals surface area contributed by atoms with Gasteiger partial charge >= 0.3 is 0 Å². The van der Waals surface area contributed by atoms with Gasteiger partial charge < -0.3 is 5.32 Å². The molecule has 0 aromatic carbocycles. The summed E-state index contributed by atoms with van der Waals surface area (Å²) in [5.74, 6) is 0. The average Bonchev–Trinajstić information content (AvgIpc) is 2.03. The Morgan fingerprint density at radius 1 is 1.27 bits per heavy atom. The second-order valence-corrected chi connectivity index (χ2v) is 2.04. The van der Waals surface area contributed by atoms with E-state index < -0.39 is 0 Å². The lowest BCUT2D eigenvalue weighted by Gasteiger charge is -1.84. The van der Waals surface area contributed by atoms with E-state index in [0.29, 0.717) is 0 Å². The van der Waals surface area contributed by atoms with Crippen LogP contribution in [0.15, 0.2) is 29.3 Å². The summed E-state index contributed by atoms with van der Waals surface area (Å²) in [6.07, 6.45) is 9.91. The Labute approximate surface area is 68.7 Å². The van der Waals surface area contributed by atoms with E-state index in [2.05, 4.69) is 16.4 Å². The van der Waals surface area contributed by atoms with Crippen molar-refractivity contribution in [2.75, 3.05) is 20.1 Å². The van der Waals surface area contributed by atoms with Gasteiger partial charge in [-0.25, -0.2) is 0 Å². The molecule has 0 aliphatic rings. The summed E-state index contributed by atoms with van der Waals surface area (Å²) in [6.45, 7) is 3.62. The minimum absolute atomic E-state index is 0.778. The zero-order valence-electron chi connectivity index (χ0n) is 7.25. The molecule has 0 aliphatic heterocycles. The van der Waals surface area contributed by atoms with Crippen LogP contribution in [0.4, 0.5) is 0 Å². The molecule has 0 unspecified atom stereocenters. The molecule has 0 aromatic rings. The van der Waals surface area contributed by atoms with Crippen LogP contribution in [0.2, 0.25) is 0 Å². The monoisotopic (exact) mass is 152 g/mol. The van der Waals surface area contributed by atoms with Crippen molar-refractivity contribution < 1.29 is 0 Å². The van der Waals surface area contributed by atoms with Gasteiger partial charge in [0.2, 0.25) is 0 Å². The van der Waals surface area contributed by atoms with Gasteiger partial charge in [0.05, 0.1) is 6.54 Å². The maximum Gasteiger partial charge on any atom is 0.0569 e. The minimum atomic E-state index is 0.778. The van der Waals surface area contributed by atoms with Crippen LogP contribution in [0.1, 0.15) is 6.92 Å². The zero-order valence-corrected chi connectivity index (χ0v) is 7.25. The summed E-state index contributed by atoms with van der Waals surface area (Å²) in [7, 11) is 1.93. The van der Waals surface area contributed by atoms with Crippen molar-refractivity contribution in [3.63, 3.8) is 0 Å². The van der Waals surface area contributed by atoms with E-state index in [4.69, 9.17) is 0 Å². The third kappa shape index (κ3) is 9.11. The number of nitrogens with zero attached hydrogens (tertiary/aromatic N) is 1. The first-order valence-electron chi connectivity index (χ1n) is 3.82. The van der Waals surface area contributed by atoms with Crippen LogP contribution < -0.4 is 5.32 Å². The molecule has 0 rings (SSSR count). The van der Waals surface area contributed by atoms with Crippen LogP contribution in [0, 0.1) is 0 Å². The number of likely N-dealkylation sites (N-methyl/N-ethyl adjacent to an activating group) is 1. The third-order valence-corrected chi connectivity index (χ3v) is 1.10. The van der Waals surface area contributed by atoms with Crippen LogP contribution >= 0.6 is 0 Å². The first-order valence-corrected chi connectivity index (χ1v) is 3.82. The fraction of sp³-hybridized carbons (Fsp3) is 0.444. The van der Waals surface area contributed by atoms with Crippen LogP contribution in [-0.4, -0.2) is 26.4 Å². The van der Waals surface area contributed by atoms with Crippen molar-refractivity contribution >= 4 is 6.21 Å². The molecule has 0 amide bonds. The third-order valence-electron chi connectivity index (χ3n) is 1.10. The Hall–Kier alpha value is -0.890. The smallest absolute Gasteiger partial charge is 0.0569 e. The lowest BCUT2D eigenvalue weighted by atomic mass is 10.4. The largest absolute Gasteiger partial charge is 0.316 e. The fourth-order valence-electron chi connectivity index (χ4n) is 0.570. The van der Waals surface area contributed by atoms with Crippen molar-refractivity contribution in [3.8, 4) is 0 Å². The van der Waals surface area contributed by atoms with Gasteiger partial charge in [-0.1, -0.05) is 24.3 Å². The van der Waals surface area contributed by atoms with Gasteiger partial charge in [-0.2, -0.15) is 0 Å². The van der Waals surface area contributed by atoms with Crippen LogP contribution in [0.25, 0.3) is 0 Å². The molecule has 0 bridgehead atoms. The average molecular weight is 152 g/mol. The molecule has 0 aromatic heterocycles. The molecule has 1 N–H and O–H groups in total. The molecule has 2 nitrogen and oxygen atoms in total. The Balaban J connectivity index is 3.28. The molecule has 0 spiro atoms. The molecular weight excluding hydrogens is 136 g/mol. The van der Waals surface area contributed by atoms with E-state index in [-0.39, 0.29) is 0 Å². The second kappa shape index (κ2) is 9.11. The van der Waals surface area contributed by atoms with Gasteiger partial charge in [0.25, 0.3) is 0 Å². The van der Waals surface area contributed by atoms with Crippen molar-refractivity contribution in [2.24, 2.45) is 4.99 Å². The molecule has 0 saturated carbocycles. The molecule has 0 saturated heterocycles. The summed E-state index contributed by atoms with van der Waals surface area (Å²) in [5, 5.41) is 3.02. The normalized spacial score (nSPS) is 12.5. The van der Waals surface area contributed by atoms with Gasteiger partial charge in [0, 0.05) is 6.54 Å². The standard InChI is InChI=1S/C9H16N2/c1-3-11-9-7-5-4-6-8-10-2/h3-7,10H,8-9H2,1-2H3/b6-4-,7-5-,11-3?. The zero-order chi connectivity index (χ0) is 8.36. The van der Waals surface area contributed by atoms with E-state index in [0.717, 1.165) is 13.1 Å². The molecule has 62 valence electrons. The number of hydrogen-bond acceptors (Lipinski definition) is 2. The van der Waals surface area contributed by atoms with Crippen LogP contribution in [0.5, 0.6) is 0 Å². The number of hydrogen-bond donors (Lipinski definition) is 1. The molecular formula is C9H16N2. The summed E-state index contributed by atoms with van der Waals surface area (Å²) in [5.41, 5.74) is 0. The predicted octanol–water partition coefficient (Wildman–Crippen LogP) is 1.41. The molecule has 2 heteroatoms. The molecule has 0 aliphatic carbocycles. The Kier molecular flexibility index (Phi) is 8.37. The highest BCUT2D eigenvalue weighted by molar-refractivity contribution is 5.53. The van der Waals surface area contributed by atoms with Gasteiger partial charge in [0.1, 0.15) is 0 Å². The fourth-order valence-corrected chi connectivity index (χ4v) is 0.570. The lowest BCUT2D eigenvalue weighted by molar-refractivity contribution is 0.920. The summed E-state index contributed by atoms with van der Waals surface area (Å²) >= 11 is 0. The van der Waals surface area contributed by atoms with Crippen molar-refractivity contribution in [2.45, 2.75) is 6.92 Å². The minimum Gasteiger partial charge on any atom is -0.316 e. The first kappa shape index (κ1) is 10.1. The predicted molar refractivity (Wildman–Crippen MR) is 51.2 cm³/mol. The van der Waals surface area contributed by atoms with Crippen LogP contribution in [0.3, 0.4) is 0 Å². The number of aliphatic imine (C=N–C) groups is 1. The maximum atomic E-state index is 4.03. The second-order valence-electron chi connectivity index (χ2n) is 2.04. The Morgan fingerprint density at radius 2 is 2.00 bits per heavy atom. The molecule has 0 heterocycles. The van der Waals surface area contributed by atoms with Gasteiger partial charge in [-0.3, -0.25) is 4.99 Å². The molecule has 0 fully saturated rings. The molecule has 11 heavy (non-hydrogen) atoms. The highest BCUT2D eigenvalue weighted by Crippen LogP contribution is 1.77. The summed E-state index contributed by atoms with van der Waals surface area (Å²) < 4.78 is 0. The van der Waals surface area contributed by atoms with Crippen molar-refractivity contribution in [1.82, 2.24) is 5.32 Å². The SMILES string of the molecule is CC=NC/C=C\C=C/CNC. The summed E-state index contributed by atoms with van der Waals surface area (Å²) in [6, 6.07) is 0. The highest BCUT2D eigenvalue weighted by atomic mass is 14.8. The van der Waals surface area contributed by atoms with Gasteiger partial charge in [-0.15, -0.1) is 0 Å². The number of allylic oxidation sites excluding steroid dienone is 2. The van der Waals surface area contributed by atoms with Gasteiger partial charge in [0.15, 0.2) is 0 Å². The number of nitrogens with one attached hydrogen (secondary N) is 1. The van der Waals surface area contributed by atoms with Crippen molar-refractivity contribution in [1.29, 1.82) is 0 Å². The Morgan fingerprint density at radius 3 is 2.64 bits per heavy atom. The Bertz CT molecular complexity index is 146. The van der Waals surface area contributed by atoms with Crippen molar-refractivity contribution in [3.05, 3.63) is 24.3 Å². The molecule has 0 atom stereocenters. The first-order chi connectivity index (χ1) is 5.41. The van der Waals surface area contributed by atoms with E-state index in [1.54, 1.807) is 0 Å². The topological polar surface area (TPSA) is 24.4 Å². The van der Waals surface area contributed by atoms with E-state index in [1.165, 1.54) is 0 Å². The van der Waals surface area contributed by atoms with Crippen LogP contribution in [-0.2, 0) is 0 Å². The number of rotatable bonds is 5. The van der Waals surface area contributed by atoms with E-state index >= 15 is 0 Å². The quantitative estimate of drug-likeness (QED) is 0.467. The van der Waals surface area contributed by atoms with Gasteiger partial charge in [-0.05, 0) is 20.2 Å². The molecule has 0 radical (unpaired) electrons.